The van der Waals surface area contributed by atoms with E-state index in [-0.39, 0.29) is 17.9 Å². The first kappa shape index (κ1) is 16.6. The third-order valence-electron chi connectivity index (χ3n) is 4.99. The van der Waals surface area contributed by atoms with Gasteiger partial charge in [-0.1, -0.05) is 18.2 Å². The summed E-state index contributed by atoms with van der Waals surface area (Å²) in [5.74, 6) is 0.609. The van der Waals surface area contributed by atoms with Gasteiger partial charge in [0, 0.05) is 29.9 Å². The normalized spacial score (nSPS) is 13.0. The predicted octanol–water partition coefficient (Wildman–Crippen LogP) is 3.26. The van der Waals surface area contributed by atoms with Gasteiger partial charge in [-0.2, -0.15) is 0 Å². The fourth-order valence-corrected chi connectivity index (χ4v) is 3.53. The summed E-state index contributed by atoms with van der Waals surface area (Å²) in [6.07, 6.45) is 12.1. The first-order valence-corrected chi connectivity index (χ1v) is 9.02. The van der Waals surface area contributed by atoms with Crippen molar-refractivity contribution < 1.29 is 4.39 Å². The quantitative estimate of drug-likeness (QED) is 0.553. The van der Waals surface area contributed by atoms with Crippen LogP contribution in [0.3, 0.4) is 0 Å². The highest BCUT2D eigenvalue weighted by Crippen LogP contribution is 2.26. The Morgan fingerprint density at radius 2 is 2.04 bits per heavy atom. The maximum Gasteiger partial charge on any atom is 0.269 e. The largest absolute Gasteiger partial charge is 0.303 e. The zero-order valence-corrected chi connectivity index (χ0v) is 14.9. The molecule has 1 aliphatic rings. The van der Waals surface area contributed by atoms with Crippen molar-refractivity contribution in [1.82, 2.24) is 24.1 Å². The van der Waals surface area contributed by atoms with Gasteiger partial charge in [-0.25, -0.2) is 14.4 Å². The molecule has 3 aromatic heterocycles. The summed E-state index contributed by atoms with van der Waals surface area (Å²) in [5, 5.41) is 0. The van der Waals surface area contributed by atoms with Crippen molar-refractivity contribution in [2.24, 2.45) is 0 Å². The van der Waals surface area contributed by atoms with E-state index in [0.29, 0.717) is 16.6 Å². The monoisotopic (exact) mass is 373 g/mol. The molecular formula is C21H16FN5O. The molecule has 4 aromatic rings. The number of hydrogen-bond acceptors (Lipinski definition) is 4. The third kappa shape index (κ3) is 2.72. The van der Waals surface area contributed by atoms with E-state index in [1.54, 1.807) is 30.7 Å². The summed E-state index contributed by atoms with van der Waals surface area (Å²) < 4.78 is 18.4. The summed E-state index contributed by atoms with van der Waals surface area (Å²) in [5.41, 5.74) is 2.96. The molecule has 4 heterocycles. The van der Waals surface area contributed by atoms with E-state index in [2.05, 4.69) is 21.0 Å². The maximum atomic E-state index is 14.9. The van der Waals surface area contributed by atoms with Crippen molar-refractivity contribution in [3.05, 3.63) is 82.7 Å². The molecule has 138 valence electrons. The van der Waals surface area contributed by atoms with Crippen LogP contribution in [0.25, 0.3) is 28.5 Å². The summed E-state index contributed by atoms with van der Waals surface area (Å²) in [7, 11) is 0. The van der Waals surface area contributed by atoms with E-state index in [1.165, 1.54) is 16.8 Å². The smallest absolute Gasteiger partial charge is 0.269 e. The standard InChI is InChI=1S/C21H16FN5O/c22-16-9-14(18-11-25-20-3-1-2-8-26(18)20)4-5-15(16)13-27-19-10-23-7-6-17(19)24-12-21(27)28/h2,4-12H,1,3,13H2. The van der Waals surface area contributed by atoms with Crippen LogP contribution in [-0.2, 0) is 13.0 Å². The molecule has 0 aliphatic carbocycles. The van der Waals surface area contributed by atoms with Crippen molar-refractivity contribution >= 4 is 17.2 Å². The Morgan fingerprint density at radius 3 is 2.93 bits per heavy atom. The molecular weight excluding hydrogens is 357 g/mol. The highest BCUT2D eigenvalue weighted by atomic mass is 19.1. The lowest BCUT2D eigenvalue weighted by Gasteiger charge is -2.13. The topological polar surface area (TPSA) is 65.6 Å². The van der Waals surface area contributed by atoms with Gasteiger partial charge in [0.15, 0.2) is 0 Å². The van der Waals surface area contributed by atoms with Crippen LogP contribution in [0.15, 0.2) is 59.9 Å². The number of allylic oxidation sites excluding steroid dienone is 1. The molecule has 0 atom stereocenters. The van der Waals surface area contributed by atoms with Crippen LogP contribution >= 0.6 is 0 Å². The number of hydrogen-bond donors (Lipinski definition) is 0. The fraction of sp³-hybridized carbons (Fsp3) is 0.143. The van der Waals surface area contributed by atoms with Crippen LogP contribution in [0.5, 0.6) is 0 Å². The number of fused-ring (bicyclic) bond motifs is 2. The molecule has 5 rings (SSSR count). The minimum atomic E-state index is -0.367. The van der Waals surface area contributed by atoms with Crippen molar-refractivity contribution in [3.8, 4) is 11.3 Å². The number of rotatable bonds is 3. The Kier molecular flexibility index (Phi) is 3.86. The van der Waals surface area contributed by atoms with Gasteiger partial charge >= 0.3 is 0 Å². The van der Waals surface area contributed by atoms with Crippen LogP contribution in [-0.4, -0.2) is 24.1 Å². The molecule has 1 aliphatic heterocycles. The molecule has 0 bridgehead atoms. The average molecular weight is 373 g/mol. The Bertz CT molecular complexity index is 1290. The van der Waals surface area contributed by atoms with Crippen LogP contribution in [0.2, 0.25) is 0 Å². The minimum absolute atomic E-state index is 0.111. The highest BCUT2D eigenvalue weighted by Gasteiger charge is 2.14. The fourth-order valence-electron chi connectivity index (χ4n) is 3.53. The first-order valence-electron chi connectivity index (χ1n) is 9.02. The number of benzene rings is 1. The van der Waals surface area contributed by atoms with E-state index in [4.69, 9.17) is 0 Å². The van der Waals surface area contributed by atoms with Gasteiger partial charge in [0.05, 0.1) is 41.9 Å². The number of aromatic nitrogens is 5. The molecule has 28 heavy (non-hydrogen) atoms. The van der Waals surface area contributed by atoms with E-state index >= 15 is 0 Å². The Hall–Kier alpha value is -3.61. The maximum absolute atomic E-state index is 14.9. The molecule has 0 N–H and O–H groups in total. The molecule has 6 nitrogen and oxygen atoms in total. The van der Waals surface area contributed by atoms with Crippen LogP contribution in [0.1, 0.15) is 17.8 Å². The van der Waals surface area contributed by atoms with Gasteiger partial charge in [0.1, 0.15) is 11.6 Å². The van der Waals surface area contributed by atoms with Crippen LogP contribution in [0, 0.1) is 5.82 Å². The van der Waals surface area contributed by atoms with Crippen LogP contribution < -0.4 is 5.56 Å². The second kappa shape index (κ2) is 6.53. The molecule has 0 unspecified atom stereocenters. The minimum Gasteiger partial charge on any atom is -0.303 e. The number of nitrogens with zero attached hydrogens (tertiary/aromatic N) is 5. The molecule has 1 aromatic carbocycles. The van der Waals surface area contributed by atoms with Crippen molar-refractivity contribution in [1.29, 1.82) is 0 Å². The highest BCUT2D eigenvalue weighted by molar-refractivity contribution is 5.73. The Morgan fingerprint density at radius 1 is 1.11 bits per heavy atom. The molecule has 0 saturated heterocycles. The SMILES string of the molecule is O=c1cnc2ccncc2n1Cc1ccc(-c2cnc3n2C=CCC3)cc1F. The molecule has 0 radical (unpaired) electrons. The molecule has 0 amide bonds. The summed E-state index contributed by atoms with van der Waals surface area (Å²) in [6, 6.07) is 6.79. The summed E-state index contributed by atoms with van der Waals surface area (Å²) in [6.45, 7) is 0.111. The summed E-state index contributed by atoms with van der Waals surface area (Å²) >= 11 is 0. The predicted molar refractivity (Wildman–Crippen MR) is 104 cm³/mol. The molecule has 0 saturated carbocycles. The lowest BCUT2D eigenvalue weighted by atomic mass is 10.1. The first-order chi connectivity index (χ1) is 13.7. The third-order valence-corrected chi connectivity index (χ3v) is 4.99. The Labute approximate surface area is 159 Å². The van der Waals surface area contributed by atoms with Crippen molar-refractivity contribution in [2.45, 2.75) is 19.4 Å². The lowest BCUT2D eigenvalue weighted by molar-refractivity contribution is 0.599. The van der Waals surface area contributed by atoms with Crippen molar-refractivity contribution in [2.75, 3.05) is 0 Å². The lowest BCUT2D eigenvalue weighted by Crippen LogP contribution is -2.21. The van der Waals surface area contributed by atoms with E-state index in [9.17, 15) is 9.18 Å². The number of aryl methyl sites for hydroxylation is 1. The number of halogens is 1. The second-order valence-electron chi connectivity index (χ2n) is 6.71. The zero-order chi connectivity index (χ0) is 19.1. The average Bonchev–Trinajstić information content (AvgIpc) is 3.15. The van der Waals surface area contributed by atoms with Crippen molar-refractivity contribution in [3.63, 3.8) is 0 Å². The zero-order valence-electron chi connectivity index (χ0n) is 14.9. The number of pyridine rings is 1. The van der Waals surface area contributed by atoms with Gasteiger partial charge in [-0.05, 0) is 18.6 Å². The molecule has 7 heteroatoms. The van der Waals surface area contributed by atoms with Crippen LogP contribution in [0.4, 0.5) is 4.39 Å². The van der Waals surface area contributed by atoms with E-state index in [0.717, 1.165) is 29.9 Å². The van der Waals surface area contributed by atoms with Gasteiger partial charge in [0.25, 0.3) is 5.56 Å². The van der Waals surface area contributed by atoms with Gasteiger partial charge in [0.2, 0.25) is 0 Å². The second-order valence-corrected chi connectivity index (χ2v) is 6.71. The van der Waals surface area contributed by atoms with E-state index in [1.807, 2.05) is 16.8 Å². The van der Waals surface area contributed by atoms with Gasteiger partial charge in [-0.15, -0.1) is 0 Å². The molecule has 0 spiro atoms. The Balaban J connectivity index is 1.54. The van der Waals surface area contributed by atoms with Gasteiger partial charge < -0.3 is 4.57 Å². The molecule has 0 fully saturated rings. The van der Waals surface area contributed by atoms with Gasteiger partial charge in [-0.3, -0.25) is 14.3 Å². The summed E-state index contributed by atoms with van der Waals surface area (Å²) in [4.78, 5) is 24.9. The van der Waals surface area contributed by atoms with E-state index < -0.39 is 0 Å². The number of imidazole rings is 1.